The van der Waals surface area contributed by atoms with Gasteiger partial charge in [-0.2, -0.15) is 0 Å². The van der Waals surface area contributed by atoms with Crippen LogP contribution in [0.5, 0.6) is 0 Å². The Morgan fingerprint density at radius 1 is 0.917 bits per heavy atom. The molecule has 3 rings (SSSR count). The molecule has 0 fully saturated rings. The number of carbonyl (C=O) groups is 2. The van der Waals surface area contributed by atoms with Crippen molar-refractivity contribution in [1.29, 1.82) is 0 Å². The number of thioether (sulfide) groups is 1. The number of benzene rings is 3. The van der Waals surface area contributed by atoms with Crippen molar-refractivity contribution >= 4 is 23.6 Å². The third-order valence-corrected chi connectivity index (χ3v) is 6.84. The lowest BCUT2D eigenvalue weighted by Gasteiger charge is -2.32. The summed E-state index contributed by atoms with van der Waals surface area (Å²) in [4.78, 5) is 28.7. The van der Waals surface area contributed by atoms with Crippen molar-refractivity contribution in [2.75, 3.05) is 12.3 Å². The fourth-order valence-electron chi connectivity index (χ4n) is 3.81. The van der Waals surface area contributed by atoms with Gasteiger partial charge in [0.1, 0.15) is 11.9 Å². The van der Waals surface area contributed by atoms with Crippen LogP contribution in [-0.4, -0.2) is 35.1 Å². The van der Waals surface area contributed by atoms with Crippen LogP contribution in [0.25, 0.3) is 0 Å². The quantitative estimate of drug-likeness (QED) is 0.339. The Kier molecular flexibility index (Phi) is 10.6. The van der Waals surface area contributed by atoms with E-state index in [1.807, 2.05) is 75.4 Å². The van der Waals surface area contributed by atoms with Gasteiger partial charge in [-0.25, -0.2) is 4.39 Å². The molecule has 0 radical (unpaired) electrons. The highest BCUT2D eigenvalue weighted by Crippen LogP contribution is 2.20. The van der Waals surface area contributed by atoms with Crippen molar-refractivity contribution in [3.63, 3.8) is 0 Å². The first kappa shape index (κ1) is 27.5. The van der Waals surface area contributed by atoms with Crippen molar-refractivity contribution in [3.05, 3.63) is 107 Å². The van der Waals surface area contributed by atoms with Crippen LogP contribution in [-0.2, 0) is 28.3 Å². The van der Waals surface area contributed by atoms with E-state index in [9.17, 15) is 14.0 Å². The number of aryl methyl sites for hydroxylation is 1. The van der Waals surface area contributed by atoms with Gasteiger partial charge in [0, 0.05) is 25.3 Å². The van der Waals surface area contributed by atoms with Gasteiger partial charge < -0.3 is 10.2 Å². The molecule has 3 aromatic carbocycles. The fourth-order valence-corrected chi connectivity index (χ4v) is 4.71. The van der Waals surface area contributed by atoms with E-state index in [0.717, 1.165) is 16.7 Å². The minimum atomic E-state index is -0.658. The zero-order chi connectivity index (χ0) is 25.9. The number of hydrogen-bond donors (Lipinski definition) is 1. The van der Waals surface area contributed by atoms with Crippen LogP contribution in [0.4, 0.5) is 4.39 Å². The zero-order valence-electron chi connectivity index (χ0n) is 21.2. The highest BCUT2D eigenvalue weighted by atomic mass is 32.2. The van der Waals surface area contributed by atoms with Crippen LogP contribution in [0.3, 0.4) is 0 Å². The van der Waals surface area contributed by atoms with E-state index >= 15 is 0 Å². The molecular formula is C30H35FN2O2S. The molecule has 0 aliphatic rings. The van der Waals surface area contributed by atoms with Crippen molar-refractivity contribution < 1.29 is 14.0 Å². The van der Waals surface area contributed by atoms with Crippen LogP contribution >= 0.6 is 11.8 Å². The number of halogens is 1. The van der Waals surface area contributed by atoms with Crippen molar-refractivity contribution in [2.24, 2.45) is 5.92 Å². The second-order valence-electron chi connectivity index (χ2n) is 9.44. The lowest BCUT2D eigenvalue weighted by atomic mass is 10.0. The molecule has 0 aliphatic heterocycles. The molecule has 36 heavy (non-hydrogen) atoms. The molecule has 3 aromatic rings. The summed E-state index contributed by atoms with van der Waals surface area (Å²) in [5.74, 6) is 0.264. The average molecular weight is 507 g/mol. The first-order valence-electron chi connectivity index (χ1n) is 12.3. The van der Waals surface area contributed by atoms with Crippen LogP contribution in [0.1, 0.15) is 36.1 Å². The predicted octanol–water partition coefficient (Wildman–Crippen LogP) is 5.78. The third-order valence-electron chi connectivity index (χ3n) is 5.87. The molecule has 1 atom stereocenters. The monoisotopic (exact) mass is 506 g/mol. The van der Waals surface area contributed by atoms with Gasteiger partial charge in [-0.05, 0) is 35.6 Å². The number of carbonyl (C=O) groups excluding carboxylic acids is 2. The Labute approximate surface area is 218 Å². The van der Waals surface area contributed by atoms with E-state index in [4.69, 9.17) is 0 Å². The van der Waals surface area contributed by atoms with Gasteiger partial charge in [0.2, 0.25) is 11.8 Å². The molecule has 1 unspecified atom stereocenters. The predicted molar refractivity (Wildman–Crippen MR) is 146 cm³/mol. The first-order chi connectivity index (χ1) is 17.3. The normalized spacial score (nSPS) is 11.8. The Morgan fingerprint density at radius 3 is 2.25 bits per heavy atom. The highest BCUT2D eigenvalue weighted by molar-refractivity contribution is 7.99. The van der Waals surface area contributed by atoms with Gasteiger partial charge in [-0.3, -0.25) is 9.59 Å². The van der Waals surface area contributed by atoms with Crippen LogP contribution in [0.15, 0.2) is 78.9 Å². The van der Waals surface area contributed by atoms with E-state index in [1.54, 1.807) is 23.1 Å². The summed E-state index contributed by atoms with van der Waals surface area (Å²) >= 11 is 1.36. The van der Waals surface area contributed by atoms with Crippen LogP contribution in [0, 0.1) is 18.7 Å². The smallest absolute Gasteiger partial charge is 0.243 e. The lowest BCUT2D eigenvalue weighted by molar-refractivity contribution is -0.139. The molecule has 6 heteroatoms. The standard InChI is InChI=1S/C30H35FN2O2S/c1-22(2)18-32-30(35)28(17-24-9-5-4-6-10-24)33(19-25-15-13-23(3)14-16-25)29(34)21-36-20-26-11-7-8-12-27(26)31/h4-16,22,28H,17-21H2,1-3H3,(H,32,35). The molecular weight excluding hydrogens is 471 g/mol. The Hall–Kier alpha value is -3.12. The Bertz CT molecular complexity index is 1120. The van der Waals surface area contributed by atoms with Gasteiger partial charge in [0.05, 0.1) is 5.75 Å². The SMILES string of the molecule is Cc1ccc(CN(C(=O)CSCc2ccccc2F)C(Cc2ccccc2)C(=O)NCC(C)C)cc1. The summed E-state index contributed by atoms with van der Waals surface area (Å²) in [6.45, 7) is 6.97. The molecule has 0 saturated heterocycles. The average Bonchev–Trinajstić information content (AvgIpc) is 2.87. The van der Waals surface area contributed by atoms with Crippen molar-refractivity contribution in [1.82, 2.24) is 10.2 Å². The van der Waals surface area contributed by atoms with E-state index in [0.29, 0.717) is 36.7 Å². The number of hydrogen-bond acceptors (Lipinski definition) is 3. The van der Waals surface area contributed by atoms with Gasteiger partial charge in [-0.15, -0.1) is 11.8 Å². The topological polar surface area (TPSA) is 49.4 Å². The molecule has 0 aliphatic carbocycles. The van der Waals surface area contributed by atoms with Crippen LogP contribution in [0.2, 0.25) is 0 Å². The molecule has 2 amide bonds. The van der Waals surface area contributed by atoms with Gasteiger partial charge >= 0.3 is 0 Å². The van der Waals surface area contributed by atoms with E-state index in [2.05, 4.69) is 5.32 Å². The fraction of sp³-hybridized carbons (Fsp3) is 0.333. The molecule has 0 aromatic heterocycles. The molecule has 0 spiro atoms. The molecule has 4 nitrogen and oxygen atoms in total. The summed E-state index contributed by atoms with van der Waals surface area (Å²) in [6, 6.07) is 23.7. The van der Waals surface area contributed by atoms with Crippen molar-refractivity contribution in [2.45, 2.75) is 45.5 Å². The molecule has 190 valence electrons. The van der Waals surface area contributed by atoms with Gasteiger partial charge in [-0.1, -0.05) is 92.2 Å². The Balaban J connectivity index is 1.84. The molecule has 0 heterocycles. The Morgan fingerprint density at radius 2 is 1.58 bits per heavy atom. The van der Waals surface area contributed by atoms with Crippen molar-refractivity contribution in [3.8, 4) is 0 Å². The first-order valence-corrected chi connectivity index (χ1v) is 13.5. The molecule has 0 saturated carbocycles. The summed E-state index contributed by atoms with van der Waals surface area (Å²) in [5.41, 5.74) is 3.65. The second kappa shape index (κ2) is 13.8. The third kappa shape index (κ3) is 8.52. The minimum Gasteiger partial charge on any atom is -0.354 e. The summed E-state index contributed by atoms with van der Waals surface area (Å²) in [5, 5.41) is 3.03. The minimum absolute atomic E-state index is 0.141. The van der Waals surface area contributed by atoms with E-state index in [-0.39, 0.29) is 23.4 Å². The maximum Gasteiger partial charge on any atom is 0.243 e. The summed E-state index contributed by atoms with van der Waals surface area (Å²) in [6.07, 6.45) is 0.417. The molecule has 1 N–H and O–H groups in total. The number of amides is 2. The summed E-state index contributed by atoms with van der Waals surface area (Å²) in [7, 11) is 0. The number of nitrogens with one attached hydrogen (secondary N) is 1. The van der Waals surface area contributed by atoms with E-state index < -0.39 is 6.04 Å². The second-order valence-corrected chi connectivity index (χ2v) is 10.4. The number of rotatable bonds is 12. The zero-order valence-corrected chi connectivity index (χ0v) is 22.1. The van der Waals surface area contributed by atoms with E-state index in [1.165, 1.54) is 17.8 Å². The number of nitrogens with zero attached hydrogens (tertiary/aromatic N) is 1. The summed E-state index contributed by atoms with van der Waals surface area (Å²) < 4.78 is 14.1. The maximum absolute atomic E-state index is 14.1. The molecule has 0 bridgehead atoms. The van der Waals surface area contributed by atoms with Gasteiger partial charge in [0.15, 0.2) is 0 Å². The maximum atomic E-state index is 14.1. The lowest BCUT2D eigenvalue weighted by Crippen LogP contribution is -2.51. The largest absolute Gasteiger partial charge is 0.354 e. The highest BCUT2D eigenvalue weighted by Gasteiger charge is 2.30. The van der Waals surface area contributed by atoms with Crippen LogP contribution < -0.4 is 5.32 Å². The van der Waals surface area contributed by atoms with Gasteiger partial charge in [0.25, 0.3) is 0 Å².